The van der Waals surface area contributed by atoms with Crippen LogP contribution in [0.1, 0.15) is 36.8 Å². The molecule has 1 heterocycles. The molecular formula is C21H23NO2. The second-order valence-electron chi connectivity index (χ2n) is 6.04. The molecule has 0 saturated heterocycles. The van der Waals surface area contributed by atoms with Crippen molar-refractivity contribution in [1.82, 2.24) is 5.32 Å². The molecule has 0 unspecified atom stereocenters. The van der Waals surface area contributed by atoms with Gasteiger partial charge in [-0.05, 0) is 49.2 Å². The fraction of sp³-hybridized carbons (Fsp3) is 0.238. The lowest BCUT2D eigenvalue weighted by atomic mass is 9.98. The van der Waals surface area contributed by atoms with Gasteiger partial charge in [0.15, 0.2) is 0 Å². The number of nitrogens with one attached hydrogen (secondary N) is 1. The molecule has 3 heteroatoms. The van der Waals surface area contributed by atoms with E-state index in [0.717, 1.165) is 11.5 Å². The van der Waals surface area contributed by atoms with E-state index in [2.05, 4.69) is 41.7 Å². The maximum Gasteiger partial charge on any atom is 0.119 e. The van der Waals surface area contributed by atoms with Crippen molar-refractivity contribution in [2.45, 2.75) is 32.5 Å². The maximum atomic E-state index is 5.74. The summed E-state index contributed by atoms with van der Waals surface area (Å²) in [6.07, 6.45) is 1.88. The van der Waals surface area contributed by atoms with Crippen LogP contribution in [-0.4, -0.2) is 6.10 Å². The van der Waals surface area contributed by atoms with Gasteiger partial charge in [0.25, 0.3) is 0 Å². The Kier molecular flexibility index (Phi) is 5.34. The standard InChI is InChI=1S/C21H23NO2/c1-16(2)24-19-12-10-18(11-13-19)21(17-7-4-3-5-8-17)22-15-20-9-6-14-23-20/h3-14,16,21-22H,15H2,1-2H3/t21-/m0/s1. The number of hydrogen-bond acceptors (Lipinski definition) is 3. The van der Waals surface area contributed by atoms with Crippen molar-refractivity contribution in [3.63, 3.8) is 0 Å². The minimum absolute atomic E-state index is 0.101. The second kappa shape index (κ2) is 7.84. The zero-order valence-corrected chi connectivity index (χ0v) is 14.1. The Labute approximate surface area is 143 Å². The molecule has 0 aliphatic heterocycles. The fourth-order valence-electron chi connectivity index (χ4n) is 2.70. The lowest BCUT2D eigenvalue weighted by Gasteiger charge is -2.20. The lowest BCUT2D eigenvalue weighted by molar-refractivity contribution is 0.242. The lowest BCUT2D eigenvalue weighted by Crippen LogP contribution is -2.21. The van der Waals surface area contributed by atoms with Crippen LogP contribution in [0.5, 0.6) is 5.75 Å². The average Bonchev–Trinajstić information content (AvgIpc) is 3.10. The average molecular weight is 321 g/mol. The van der Waals surface area contributed by atoms with Gasteiger partial charge in [-0.1, -0.05) is 42.5 Å². The zero-order chi connectivity index (χ0) is 16.8. The van der Waals surface area contributed by atoms with Crippen molar-refractivity contribution in [2.75, 3.05) is 0 Å². The van der Waals surface area contributed by atoms with E-state index in [1.807, 2.05) is 44.2 Å². The third-order valence-corrected chi connectivity index (χ3v) is 3.78. The predicted molar refractivity (Wildman–Crippen MR) is 96.0 cm³/mol. The van der Waals surface area contributed by atoms with Gasteiger partial charge >= 0.3 is 0 Å². The smallest absolute Gasteiger partial charge is 0.119 e. The normalized spacial score (nSPS) is 12.3. The van der Waals surface area contributed by atoms with Crippen molar-refractivity contribution >= 4 is 0 Å². The Hall–Kier alpha value is -2.52. The van der Waals surface area contributed by atoms with E-state index in [9.17, 15) is 0 Å². The van der Waals surface area contributed by atoms with Crippen LogP contribution in [0.15, 0.2) is 77.4 Å². The Morgan fingerprint density at radius 3 is 2.21 bits per heavy atom. The van der Waals surface area contributed by atoms with Crippen molar-refractivity contribution < 1.29 is 9.15 Å². The number of hydrogen-bond donors (Lipinski definition) is 1. The van der Waals surface area contributed by atoms with E-state index in [0.29, 0.717) is 6.54 Å². The number of rotatable bonds is 7. The Balaban J connectivity index is 1.81. The monoisotopic (exact) mass is 321 g/mol. The molecule has 0 fully saturated rings. The van der Waals surface area contributed by atoms with Gasteiger partial charge in [-0.2, -0.15) is 0 Å². The third kappa shape index (κ3) is 4.27. The van der Waals surface area contributed by atoms with E-state index >= 15 is 0 Å². The van der Waals surface area contributed by atoms with Crippen molar-refractivity contribution in [3.05, 3.63) is 89.9 Å². The van der Waals surface area contributed by atoms with Gasteiger partial charge in [0.05, 0.1) is 25.0 Å². The number of ether oxygens (including phenoxy) is 1. The van der Waals surface area contributed by atoms with Crippen LogP contribution in [0.25, 0.3) is 0 Å². The first-order valence-electron chi connectivity index (χ1n) is 8.29. The summed E-state index contributed by atoms with van der Waals surface area (Å²) in [4.78, 5) is 0. The highest BCUT2D eigenvalue weighted by molar-refractivity contribution is 5.35. The highest BCUT2D eigenvalue weighted by Gasteiger charge is 2.14. The van der Waals surface area contributed by atoms with Crippen LogP contribution >= 0.6 is 0 Å². The fourth-order valence-corrected chi connectivity index (χ4v) is 2.70. The molecule has 0 saturated carbocycles. The summed E-state index contributed by atoms with van der Waals surface area (Å²) in [5.41, 5.74) is 2.42. The Morgan fingerprint density at radius 2 is 1.58 bits per heavy atom. The maximum absolute atomic E-state index is 5.74. The number of benzene rings is 2. The molecule has 1 N–H and O–H groups in total. The molecule has 0 bridgehead atoms. The van der Waals surface area contributed by atoms with E-state index in [1.54, 1.807) is 6.26 Å². The van der Waals surface area contributed by atoms with Crippen LogP contribution in [0.4, 0.5) is 0 Å². The highest BCUT2D eigenvalue weighted by Crippen LogP contribution is 2.25. The van der Waals surface area contributed by atoms with Crippen molar-refractivity contribution in [1.29, 1.82) is 0 Å². The summed E-state index contributed by atoms with van der Waals surface area (Å²) in [5.74, 6) is 1.82. The number of furan rings is 1. The molecule has 0 spiro atoms. The van der Waals surface area contributed by atoms with E-state index in [-0.39, 0.29) is 12.1 Å². The summed E-state index contributed by atoms with van der Waals surface area (Å²) in [6.45, 7) is 4.74. The first-order valence-corrected chi connectivity index (χ1v) is 8.29. The minimum Gasteiger partial charge on any atom is -0.491 e. The van der Waals surface area contributed by atoms with Gasteiger partial charge in [0.2, 0.25) is 0 Å². The molecule has 124 valence electrons. The van der Waals surface area contributed by atoms with Crippen molar-refractivity contribution in [3.8, 4) is 5.75 Å². The summed E-state index contributed by atoms with van der Waals surface area (Å²) >= 11 is 0. The van der Waals surface area contributed by atoms with Gasteiger partial charge in [-0.25, -0.2) is 0 Å². The van der Waals surface area contributed by atoms with Crippen LogP contribution in [0.2, 0.25) is 0 Å². The summed E-state index contributed by atoms with van der Waals surface area (Å²) in [6, 6.07) is 22.7. The van der Waals surface area contributed by atoms with Crippen LogP contribution in [0, 0.1) is 0 Å². The molecular weight excluding hydrogens is 298 g/mol. The molecule has 0 radical (unpaired) electrons. The van der Waals surface area contributed by atoms with Crippen LogP contribution < -0.4 is 10.1 Å². The minimum atomic E-state index is 0.101. The first kappa shape index (κ1) is 16.3. The molecule has 1 atom stereocenters. The molecule has 3 rings (SSSR count). The van der Waals surface area contributed by atoms with Gasteiger partial charge in [0, 0.05) is 0 Å². The predicted octanol–water partition coefficient (Wildman–Crippen LogP) is 4.95. The van der Waals surface area contributed by atoms with Crippen LogP contribution in [0.3, 0.4) is 0 Å². The molecule has 0 aliphatic carbocycles. The summed E-state index contributed by atoms with van der Waals surface area (Å²) in [5, 5.41) is 3.58. The molecule has 3 aromatic rings. The quantitative estimate of drug-likeness (QED) is 0.669. The molecule has 0 aliphatic rings. The van der Waals surface area contributed by atoms with Gasteiger partial charge in [0.1, 0.15) is 11.5 Å². The molecule has 3 nitrogen and oxygen atoms in total. The highest BCUT2D eigenvalue weighted by atomic mass is 16.5. The van der Waals surface area contributed by atoms with Crippen LogP contribution in [-0.2, 0) is 6.54 Å². The molecule has 24 heavy (non-hydrogen) atoms. The largest absolute Gasteiger partial charge is 0.491 e. The molecule has 1 aromatic heterocycles. The van der Waals surface area contributed by atoms with Gasteiger partial charge < -0.3 is 9.15 Å². The van der Waals surface area contributed by atoms with E-state index in [1.165, 1.54) is 11.1 Å². The molecule has 2 aromatic carbocycles. The Bertz CT molecular complexity index is 718. The van der Waals surface area contributed by atoms with Gasteiger partial charge in [-0.15, -0.1) is 0 Å². The topological polar surface area (TPSA) is 34.4 Å². The van der Waals surface area contributed by atoms with Crippen molar-refractivity contribution in [2.24, 2.45) is 0 Å². The second-order valence-corrected chi connectivity index (χ2v) is 6.04. The summed E-state index contributed by atoms with van der Waals surface area (Å²) in [7, 11) is 0. The Morgan fingerprint density at radius 1 is 0.875 bits per heavy atom. The van der Waals surface area contributed by atoms with E-state index in [4.69, 9.17) is 9.15 Å². The first-order chi connectivity index (χ1) is 11.7. The molecule has 0 amide bonds. The van der Waals surface area contributed by atoms with Gasteiger partial charge in [-0.3, -0.25) is 5.32 Å². The zero-order valence-electron chi connectivity index (χ0n) is 14.1. The third-order valence-electron chi connectivity index (χ3n) is 3.78. The van der Waals surface area contributed by atoms with E-state index < -0.39 is 0 Å². The summed E-state index contributed by atoms with van der Waals surface area (Å²) < 4.78 is 11.2. The SMILES string of the molecule is CC(C)Oc1ccc([C@@H](NCc2ccco2)c2ccccc2)cc1.